The number of methoxy groups -OCH3 is 1. The van der Waals surface area contributed by atoms with Gasteiger partial charge in [0.1, 0.15) is 5.75 Å². The maximum atomic E-state index is 10.8. The highest BCUT2D eigenvalue weighted by Crippen LogP contribution is 2.29. The van der Waals surface area contributed by atoms with Gasteiger partial charge in [0.05, 0.1) is 12.7 Å². The van der Waals surface area contributed by atoms with Crippen molar-refractivity contribution in [3.63, 3.8) is 0 Å². The minimum absolute atomic E-state index is 0.584. The molecule has 1 aromatic rings. The van der Waals surface area contributed by atoms with E-state index < -0.39 is 5.60 Å². The van der Waals surface area contributed by atoms with Gasteiger partial charge in [-0.05, 0) is 44.5 Å². The summed E-state index contributed by atoms with van der Waals surface area (Å²) in [6.07, 6.45) is 3.45. The van der Waals surface area contributed by atoms with E-state index in [0.29, 0.717) is 6.42 Å². The van der Waals surface area contributed by atoms with Gasteiger partial charge in [0.25, 0.3) is 0 Å². The van der Waals surface area contributed by atoms with Crippen LogP contribution in [0, 0.1) is 0 Å². The molecule has 1 N–H and O–H groups in total. The Kier molecular flexibility index (Phi) is 4.25. The molecule has 0 spiro atoms. The molecule has 0 saturated carbocycles. The summed E-state index contributed by atoms with van der Waals surface area (Å²) >= 11 is 0. The maximum Gasteiger partial charge on any atom is 0.122 e. The summed E-state index contributed by atoms with van der Waals surface area (Å²) < 4.78 is 5.36. The fraction of sp³-hybridized carbons (Fsp3) is 0.600. The lowest BCUT2D eigenvalue weighted by Crippen LogP contribution is -2.32. The molecule has 0 radical (unpaired) electrons. The summed E-state index contributed by atoms with van der Waals surface area (Å²) in [5.74, 6) is 0.878. The van der Waals surface area contributed by atoms with Gasteiger partial charge in [-0.15, -0.1) is 0 Å². The summed E-state index contributed by atoms with van der Waals surface area (Å²) in [5, 5.41) is 10.8. The number of aliphatic hydroxyl groups is 1. The van der Waals surface area contributed by atoms with Gasteiger partial charge in [0.2, 0.25) is 0 Å². The van der Waals surface area contributed by atoms with Crippen molar-refractivity contribution >= 4 is 0 Å². The molecule has 0 aromatic heterocycles. The fourth-order valence-electron chi connectivity index (χ4n) is 2.69. The first-order valence-electron chi connectivity index (χ1n) is 6.66. The molecule has 0 aliphatic carbocycles. The van der Waals surface area contributed by atoms with Gasteiger partial charge in [-0.1, -0.05) is 18.2 Å². The number of benzene rings is 1. The molecule has 1 unspecified atom stereocenters. The van der Waals surface area contributed by atoms with Gasteiger partial charge in [0, 0.05) is 13.0 Å². The Bertz CT molecular complexity index is 394. The quantitative estimate of drug-likeness (QED) is 0.890. The summed E-state index contributed by atoms with van der Waals surface area (Å²) in [6.45, 7) is 2.04. The van der Waals surface area contributed by atoms with E-state index in [1.54, 1.807) is 7.11 Å². The molecule has 18 heavy (non-hydrogen) atoms. The molecule has 2 rings (SSSR count). The van der Waals surface area contributed by atoms with Gasteiger partial charge in [-0.25, -0.2) is 0 Å². The van der Waals surface area contributed by atoms with Crippen molar-refractivity contribution in [2.75, 3.05) is 27.2 Å². The van der Waals surface area contributed by atoms with Gasteiger partial charge in [-0.3, -0.25) is 0 Å². The molecular formula is C15H23NO2. The normalized spacial score (nSPS) is 25.7. The molecule has 1 heterocycles. The Morgan fingerprint density at radius 3 is 2.83 bits per heavy atom. The zero-order valence-electron chi connectivity index (χ0n) is 11.4. The minimum atomic E-state index is -0.584. The van der Waals surface area contributed by atoms with E-state index in [1.165, 1.54) is 0 Å². The summed E-state index contributed by atoms with van der Waals surface area (Å²) in [7, 11) is 3.80. The first kappa shape index (κ1) is 13.4. The number of hydrogen-bond acceptors (Lipinski definition) is 3. The zero-order valence-corrected chi connectivity index (χ0v) is 11.4. The van der Waals surface area contributed by atoms with Crippen LogP contribution < -0.4 is 4.74 Å². The van der Waals surface area contributed by atoms with Gasteiger partial charge >= 0.3 is 0 Å². The second-order valence-electron chi connectivity index (χ2n) is 5.37. The maximum absolute atomic E-state index is 10.8. The van der Waals surface area contributed by atoms with Crippen molar-refractivity contribution in [2.24, 2.45) is 0 Å². The van der Waals surface area contributed by atoms with Crippen molar-refractivity contribution in [2.45, 2.75) is 31.3 Å². The van der Waals surface area contributed by atoms with Crippen LogP contribution in [-0.4, -0.2) is 42.9 Å². The average Bonchev–Trinajstić information content (AvgIpc) is 2.52. The number of hydrogen-bond donors (Lipinski definition) is 1. The predicted octanol–water partition coefficient (Wildman–Crippen LogP) is 2.08. The van der Waals surface area contributed by atoms with Crippen molar-refractivity contribution in [1.82, 2.24) is 4.90 Å². The van der Waals surface area contributed by atoms with E-state index in [-0.39, 0.29) is 0 Å². The van der Waals surface area contributed by atoms with E-state index >= 15 is 0 Å². The van der Waals surface area contributed by atoms with Crippen LogP contribution in [0.1, 0.15) is 24.8 Å². The third-order valence-electron chi connectivity index (χ3n) is 3.85. The lowest BCUT2D eigenvalue weighted by molar-refractivity contribution is 0.0258. The van der Waals surface area contributed by atoms with E-state index in [1.807, 2.05) is 24.3 Å². The molecule has 100 valence electrons. The second kappa shape index (κ2) is 5.72. The Labute approximate surface area is 109 Å². The number of ether oxygens (including phenoxy) is 1. The molecule has 0 bridgehead atoms. The monoisotopic (exact) mass is 249 g/mol. The third-order valence-corrected chi connectivity index (χ3v) is 3.85. The molecule has 3 nitrogen and oxygen atoms in total. The molecule has 3 heteroatoms. The van der Waals surface area contributed by atoms with Crippen molar-refractivity contribution in [1.29, 1.82) is 0 Å². The van der Waals surface area contributed by atoms with Crippen molar-refractivity contribution in [3.05, 3.63) is 29.8 Å². The van der Waals surface area contributed by atoms with E-state index in [2.05, 4.69) is 11.9 Å². The van der Waals surface area contributed by atoms with Gasteiger partial charge in [0.15, 0.2) is 0 Å². The zero-order chi connectivity index (χ0) is 13.0. The first-order valence-corrected chi connectivity index (χ1v) is 6.66. The number of likely N-dealkylation sites (tertiary alicyclic amines) is 1. The smallest absolute Gasteiger partial charge is 0.122 e. The van der Waals surface area contributed by atoms with Crippen LogP contribution >= 0.6 is 0 Å². The van der Waals surface area contributed by atoms with E-state index in [4.69, 9.17) is 4.74 Å². The second-order valence-corrected chi connectivity index (χ2v) is 5.37. The summed E-state index contributed by atoms with van der Waals surface area (Å²) in [6, 6.07) is 7.98. The molecule has 1 aromatic carbocycles. The highest BCUT2D eigenvalue weighted by molar-refractivity contribution is 5.34. The summed E-state index contributed by atoms with van der Waals surface area (Å²) in [5.41, 5.74) is 0.520. The molecule has 1 aliphatic heterocycles. The minimum Gasteiger partial charge on any atom is -0.496 e. The Morgan fingerprint density at radius 1 is 1.28 bits per heavy atom. The molecule has 1 aliphatic rings. The van der Waals surface area contributed by atoms with Crippen molar-refractivity contribution in [3.8, 4) is 5.75 Å². The third kappa shape index (κ3) is 3.24. The van der Waals surface area contributed by atoms with E-state index in [9.17, 15) is 5.11 Å². The van der Waals surface area contributed by atoms with Crippen LogP contribution in [0.15, 0.2) is 24.3 Å². The largest absolute Gasteiger partial charge is 0.496 e. The highest BCUT2D eigenvalue weighted by Gasteiger charge is 2.30. The Balaban J connectivity index is 2.11. The van der Waals surface area contributed by atoms with Crippen LogP contribution in [0.25, 0.3) is 0 Å². The molecular weight excluding hydrogens is 226 g/mol. The van der Waals surface area contributed by atoms with E-state index in [0.717, 1.165) is 43.7 Å². The Hall–Kier alpha value is -1.06. The van der Waals surface area contributed by atoms with Crippen LogP contribution in [0.4, 0.5) is 0 Å². The van der Waals surface area contributed by atoms with Crippen LogP contribution in [0.2, 0.25) is 0 Å². The average molecular weight is 249 g/mol. The standard InChI is InChI=1S/C15H23NO2/c1-16-10-5-8-15(17,9-11-16)12-13-6-3-4-7-14(13)18-2/h3-4,6-7,17H,5,8-12H2,1-2H3. The Morgan fingerprint density at radius 2 is 2.06 bits per heavy atom. The topological polar surface area (TPSA) is 32.7 Å². The van der Waals surface area contributed by atoms with Gasteiger partial charge in [-0.2, -0.15) is 0 Å². The van der Waals surface area contributed by atoms with Crippen molar-refractivity contribution < 1.29 is 9.84 Å². The predicted molar refractivity (Wildman–Crippen MR) is 73.0 cm³/mol. The SMILES string of the molecule is COc1ccccc1CC1(O)CCCN(C)CC1. The molecule has 0 amide bonds. The number of nitrogens with zero attached hydrogens (tertiary/aromatic N) is 1. The first-order chi connectivity index (χ1) is 8.63. The fourth-order valence-corrected chi connectivity index (χ4v) is 2.69. The van der Waals surface area contributed by atoms with Crippen LogP contribution in [0.5, 0.6) is 5.75 Å². The summed E-state index contributed by atoms with van der Waals surface area (Å²) in [4.78, 5) is 2.29. The van der Waals surface area contributed by atoms with Gasteiger partial charge < -0.3 is 14.7 Å². The van der Waals surface area contributed by atoms with Crippen LogP contribution in [-0.2, 0) is 6.42 Å². The number of rotatable bonds is 3. The lowest BCUT2D eigenvalue weighted by atomic mass is 9.87. The highest BCUT2D eigenvalue weighted by atomic mass is 16.5. The lowest BCUT2D eigenvalue weighted by Gasteiger charge is -2.27. The molecule has 1 saturated heterocycles. The van der Waals surface area contributed by atoms with Crippen LogP contribution in [0.3, 0.4) is 0 Å². The molecule has 1 fully saturated rings. The molecule has 1 atom stereocenters. The number of para-hydroxylation sites is 1.